The highest BCUT2D eigenvalue weighted by molar-refractivity contribution is 5.19. The van der Waals surface area contributed by atoms with Gasteiger partial charge in [0.05, 0.1) is 6.61 Å². The van der Waals surface area contributed by atoms with E-state index >= 15 is 0 Å². The first-order valence-corrected chi connectivity index (χ1v) is 6.83. The minimum absolute atomic E-state index is 0.171. The van der Waals surface area contributed by atoms with E-state index in [-0.39, 0.29) is 11.9 Å². The molecule has 4 heteroatoms. The monoisotopic (exact) mass is 268 g/mol. The van der Waals surface area contributed by atoms with Gasteiger partial charge in [0.1, 0.15) is 5.82 Å². The summed E-state index contributed by atoms with van der Waals surface area (Å²) in [5.41, 5.74) is 1.02. The van der Waals surface area contributed by atoms with Crippen LogP contribution in [-0.4, -0.2) is 45.3 Å². The highest BCUT2D eigenvalue weighted by Crippen LogP contribution is 2.16. The molecule has 3 nitrogen and oxygen atoms in total. The lowest BCUT2D eigenvalue weighted by molar-refractivity contribution is 0.161. The minimum Gasteiger partial charge on any atom is -0.383 e. The topological polar surface area (TPSA) is 24.5 Å². The molecule has 0 amide bonds. The molecular weight excluding hydrogens is 243 g/mol. The van der Waals surface area contributed by atoms with Crippen LogP contribution in [-0.2, 0) is 4.74 Å². The number of rotatable bonds is 9. The third-order valence-corrected chi connectivity index (χ3v) is 3.22. The number of nitrogens with one attached hydrogen (secondary N) is 1. The van der Waals surface area contributed by atoms with Gasteiger partial charge in [-0.15, -0.1) is 0 Å². The van der Waals surface area contributed by atoms with Crippen LogP contribution in [0.3, 0.4) is 0 Å². The first-order valence-electron chi connectivity index (χ1n) is 6.83. The molecule has 0 radical (unpaired) electrons. The molecular formula is C15H25FN2O. The Morgan fingerprint density at radius 2 is 2.16 bits per heavy atom. The van der Waals surface area contributed by atoms with Gasteiger partial charge in [-0.2, -0.15) is 0 Å². The van der Waals surface area contributed by atoms with Gasteiger partial charge >= 0.3 is 0 Å². The molecule has 0 aliphatic rings. The fourth-order valence-corrected chi connectivity index (χ4v) is 2.01. The second kappa shape index (κ2) is 9.02. The number of benzene rings is 1. The summed E-state index contributed by atoms with van der Waals surface area (Å²) >= 11 is 0. The first-order chi connectivity index (χ1) is 9.17. The van der Waals surface area contributed by atoms with E-state index in [1.54, 1.807) is 19.2 Å². The number of hydrogen-bond acceptors (Lipinski definition) is 3. The van der Waals surface area contributed by atoms with Crippen LogP contribution in [0, 0.1) is 5.82 Å². The molecule has 0 aliphatic heterocycles. The van der Waals surface area contributed by atoms with Crippen molar-refractivity contribution in [3.05, 3.63) is 35.6 Å². The average Bonchev–Trinajstić information content (AvgIpc) is 2.41. The van der Waals surface area contributed by atoms with Crippen molar-refractivity contribution in [2.45, 2.75) is 19.4 Å². The van der Waals surface area contributed by atoms with Gasteiger partial charge in [0, 0.05) is 32.8 Å². The van der Waals surface area contributed by atoms with E-state index in [9.17, 15) is 4.39 Å². The van der Waals surface area contributed by atoms with Crippen LogP contribution in [0.25, 0.3) is 0 Å². The van der Waals surface area contributed by atoms with Crippen molar-refractivity contribution in [1.29, 1.82) is 0 Å². The second-order valence-electron chi connectivity index (χ2n) is 4.77. The molecule has 0 saturated carbocycles. The Hall–Kier alpha value is -0.970. The Kier molecular flexibility index (Phi) is 7.63. The molecule has 1 N–H and O–H groups in total. The van der Waals surface area contributed by atoms with Crippen LogP contribution in [0.1, 0.15) is 24.9 Å². The quantitative estimate of drug-likeness (QED) is 0.744. The predicted molar refractivity (Wildman–Crippen MR) is 76.8 cm³/mol. The molecule has 0 aromatic heterocycles. The summed E-state index contributed by atoms with van der Waals surface area (Å²) in [6.07, 6.45) is 0.950. The summed E-state index contributed by atoms with van der Waals surface area (Å²) in [6.45, 7) is 5.62. The number of nitrogens with zero attached hydrogens (tertiary/aromatic N) is 1. The molecule has 0 bridgehead atoms. The van der Waals surface area contributed by atoms with E-state index in [2.05, 4.69) is 24.2 Å². The summed E-state index contributed by atoms with van der Waals surface area (Å²) in [7, 11) is 3.78. The number of halogens is 1. The van der Waals surface area contributed by atoms with Gasteiger partial charge in [-0.3, -0.25) is 0 Å². The lowest BCUT2D eigenvalue weighted by Crippen LogP contribution is -2.33. The largest absolute Gasteiger partial charge is 0.383 e. The van der Waals surface area contributed by atoms with Crippen molar-refractivity contribution < 1.29 is 9.13 Å². The van der Waals surface area contributed by atoms with Gasteiger partial charge in [0.2, 0.25) is 0 Å². The Morgan fingerprint density at radius 1 is 1.37 bits per heavy atom. The third kappa shape index (κ3) is 6.14. The molecule has 1 atom stereocenters. The standard InChI is InChI=1S/C15H25FN2O/c1-4-15(13-6-5-7-14(16)12-13)17-8-9-18(2)10-11-19-3/h5-7,12,15,17H,4,8-11H2,1-3H3. The van der Waals surface area contributed by atoms with Crippen molar-refractivity contribution in [3.63, 3.8) is 0 Å². The van der Waals surface area contributed by atoms with Crippen LogP contribution in [0.5, 0.6) is 0 Å². The maximum atomic E-state index is 13.2. The highest BCUT2D eigenvalue weighted by Gasteiger charge is 2.09. The third-order valence-electron chi connectivity index (χ3n) is 3.22. The van der Waals surface area contributed by atoms with Crippen molar-refractivity contribution in [2.24, 2.45) is 0 Å². The SMILES string of the molecule is CCC(NCCN(C)CCOC)c1cccc(F)c1. The molecule has 0 fully saturated rings. The molecule has 0 heterocycles. The van der Waals surface area contributed by atoms with Gasteiger partial charge in [0.25, 0.3) is 0 Å². The zero-order valence-corrected chi connectivity index (χ0v) is 12.2. The van der Waals surface area contributed by atoms with Crippen molar-refractivity contribution in [2.75, 3.05) is 40.4 Å². The van der Waals surface area contributed by atoms with Crippen LogP contribution in [0.2, 0.25) is 0 Å². The van der Waals surface area contributed by atoms with Crippen LogP contribution in [0.4, 0.5) is 4.39 Å². The summed E-state index contributed by atoms with van der Waals surface area (Å²) < 4.78 is 18.2. The molecule has 1 aromatic carbocycles. The van der Waals surface area contributed by atoms with E-state index in [1.807, 2.05) is 6.07 Å². The van der Waals surface area contributed by atoms with Gasteiger partial charge in [-0.1, -0.05) is 19.1 Å². The van der Waals surface area contributed by atoms with E-state index < -0.39 is 0 Å². The Balaban J connectivity index is 2.37. The predicted octanol–water partition coefficient (Wildman–Crippen LogP) is 2.44. The summed E-state index contributed by atoms with van der Waals surface area (Å²) in [4.78, 5) is 2.22. The Bertz CT molecular complexity index is 360. The fraction of sp³-hybridized carbons (Fsp3) is 0.600. The zero-order chi connectivity index (χ0) is 14.1. The second-order valence-corrected chi connectivity index (χ2v) is 4.77. The number of ether oxygens (including phenoxy) is 1. The zero-order valence-electron chi connectivity index (χ0n) is 12.2. The lowest BCUT2D eigenvalue weighted by Gasteiger charge is -2.21. The molecule has 0 spiro atoms. The summed E-state index contributed by atoms with van der Waals surface area (Å²) in [6, 6.07) is 7.04. The fourth-order valence-electron chi connectivity index (χ4n) is 2.01. The maximum absolute atomic E-state index is 13.2. The summed E-state index contributed by atoms with van der Waals surface area (Å²) in [5.74, 6) is -0.171. The highest BCUT2D eigenvalue weighted by atomic mass is 19.1. The Labute approximate surface area is 115 Å². The number of hydrogen-bond donors (Lipinski definition) is 1. The average molecular weight is 268 g/mol. The number of likely N-dealkylation sites (N-methyl/N-ethyl adjacent to an activating group) is 1. The van der Waals surface area contributed by atoms with Crippen molar-refractivity contribution in [1.82, 2.24) is 10.2 Å². The van der Waals surface area contributed by atoms with Crippen LogP contribution >= 0.6 is 0 Å². The van der Waals surface area contributed by atoms with E-state index in [0.717, 1.165) is 38.2 Å². The molecule has 19 heavy (non-hydrogen) atoms. The normalized spacial score (nSPS) is 12.9. The van der Waals surface area contributed by atoms with Crippen molar-refractivity contribution in [3.8, 4) is 0 Å². The van der Waals surface area contributed by atoms with Crippen molar-refractivity contribution >= 4 is 0 Å². The van der Waals surface area contributed by atoms with Gasteiger partial charge in [-0.05, 0) is 31.2 Å². The van der Waals surface area contributed by atoms with E-state index in [4.69, 9.17) is 4.74 Å². The molecule has 1 aromatic rings. The molecule has 108 valence electrons. The summed E-state index contributed by atoms with van der Waals surface area (Å²) in [5, 5.41) is 3.47. The van der Waals surface area contributed by atoms with Gasteiger partial charge < -0.3 is 15.0 Å². The van der Waals surface area contributed by atoms with Gasteiger partial charge in [-0.25, -0.2) is 4.39 Å². The maximum Gasteiger partial charge on any atom is 0.123 e. The molecule has 1 unspecified atom stereocenters. The number of methoxy groups -OCH3 is 1. The van der Waals surface area contributed by atoms with E-state index in [0.29, 0.717) is 0 Å². The van der Waals surface area contributed by atoms with E-state index in [1.165, 1.54) is 6.07 Å². The molecule has 0 saturated heterocycles. The lowest BCUT2D eigenvalue weighted by atomic mass is 10.0. The molecule has 1 rings (SSSR count). The molecule has 0 aliphatic carbocycles. The van der Waals surface area contributed by atoms with Crippen LogP contribution < -0.4 is 5.32 Å². The van der Waals surface area contributed by atoms with Crippen LogP contribution in [0.15, 0.2) is 24.3 Å². The minimum atomic E-state index is -0.171. The van der Waals surface area contributed by atoms with Gasteiger partial charge in [0.15, 0.2) is 0 Å². The Morgan fingerprint density at radius 3 is 2.79 bits per heavy atom. The smallest absolute Gasteiger partial charge is 0.123 e. The first kappa shape index (κ1) is 16.1.